The summed E-state index contributed by atoms with van der Waals surface area (Å²) in [7, 11) is 3.40. The van der Waals surface area contributed by atoms with Crippen molar-refractivity contribution in [2.75, 3.05) is 7.11 Å². The van der Waals surface area contributed by atoms with E-state index in [-0.39, 0.29) is 5.56 Å². The van der Waals surface area contributed by atoms with E-state index in [9.17, 15) is 4.79 Å². The van der Waals surface area contributed by atoms with Gasteiger partial charge in [-0.15, -0.1) is 0 Å². The third-order valence-corrected chi connectivity index (χ3v) is 2.39. The summed E-state index contributed by atoms with van der Waals surface area (Å²) in [6, 6.07) is 7.49. The second-order valence-electron chi connectivity index (χ2n) is 3.30. The van der Waals surface area contributed by atoms with Gasteiger partial charge >= 0.3 is 0 Å². The lowest BCUT2D eigenvalue weighted by Gasteiger charge is -2.03. The maximum atomic E-state index is 11.5. The average Bonchev–Trinajstić information content (AvgIpc) is 2.39. The maximum absolute atomic E-state index is 11.5. The number of hydrogen-bond donors (Lipinski definition) is 1. The molecule has 2 rings (SSSR count). The van der Waals surface area contributed by atoms with E-state index in [1.807, 2.05) is 44.9 Å². The molecule has 0 amide bonds. The van der Waals surface area contributed by atoms with Gasteiger partial charge in [0.15, 0.2) is 7.28 Å². The molecule has 1 N–H and O–H groups in total. The summed E-state index contributed by atoms with van der Waals surface area (Å²) in [6.45, 7) is 5.85. The van der Waals surface area contributed by atoms with Gasteiger partial charge < -0.3 is 9.72 Å². The number of fused-ring (bicyclic) bond motifs is 1. The molecule has 17 heavy (non-hydrogen) atoms. The largest absolute Gasteiger partial charge is 0.497 e. The Morgan fingerprint density at radius 1 is 1.24 bits per heavy atom. The maximum Gasteiger partial charge on any atom is 0.242 e. The molecule has 2 aromatic rings. The fourth-order valence-corrected chi connectivity index (χ4v) is 1.54. The van der Waals surface area contributed by atoms with Crippen molar-refractivity contribution < 1.29 is 4.74 Å². The van der Waals surface area contributed by atoms with Crippen molar-refractivity contribution in [2.45, 2.75) is 20.7 Å². The first-order valence-electron chi connectivity index (χ1n) is 5.75. The van der Waals surface area contributed by atoms with Crippen molar-refractivity contribution in [3.63, 3.8) is 0 Å². The van der Waals surface area contributed by atoms with Gasteiger partial charge in [0.25, 0.3) is 0 Å². The molecule has 0 aliphatic carbocycles. The molecule has 89 valence electrons. The zero-order valence-electron chi connectivity index (χ0n) is 10.7. The van der Waals surface area contributed by atoms with E-state index in [2.05, 4.69) is 4.98 Å². The summed E-state index contributed by atoms with van der Waals surface area (Å²) in [5, 5.41) is 1.00. The number of aromatic nitrogens is 1. The van der Waals surface area contributed by atoms with Crippen molar-refractivity contribution in [3.05, 3.63) is 34.6 Å². The van der Waals surface area contributed by atoms with Gasteiger partial charge in [-0.2, -0.15) is 0 Å². The van der Waals surface area contributed by atoms with Crippen molar-refractivity contribution in [3.8, 4) is 5.75 Å². The van der Waals surface area contributed by atoms with Gasteiger partial charge in [0.2, 0.25) is 5.56 Å². The predicted octanol–water partition coefficient (Wildman–Crippen LogP) is 1.94. The minimum absolute atomic E-state index is 0.0711. The zero-order chi connectivity index (χ0) is 12.8. The second kappa shape index (κ2) is 6.13. The molecule has 0 spiro atoms. The molecule has 0 unspecified atom stereocenters. The number of nitrogens with one attached hydrogen (secondary N) is 1. The van der Waals surface area contributed by atoms with E-state index in [0.717, 1.165) is 16.7 Å². The number of ether oxygens (including phenoxy) is 1. The molecule has 1 aromatic heterocycles. The van der Waals surface area contributed by atoms with Crippen LogP contribution in [0.2, 0.25) is 6.82 Å². The van der Waals surface area contributed by atoms with E-state index in [1.54, 1.807) is 14.4 Å². The second-order valence-corrected chi connectivity index (χ2v) is 3.30. The molecular weight excluding hydrogens is 213 g/mol. The summed E-state index contributed by atoms with van der Waals surface area (Å²) in [5.74, 6) is 0.742. The van der Waals surface area contributed by atoms with Crippen molar-refractivity contribution in [1.29, 1.82) is 0 Å². The molecule has 0 atom stereocenters. The predicted molar refractivity (Wildman–Crippen MR) is 73.7 cm³/mol. The first-order valence-corrected chi connectivity index (χ1v) is 5.75. The molecule has 1 radical (unpaired) electrons. The quantitative estimate of drug-likeness (QED) is 0.801. The third-order valence-electron chi connectivity index (χ3n) is 2.39. The lowest BCUT2D eigenvalue weighted by atomic mass is 9.74. The zero-order valence-corrected chi connectivity index (χ0v) is 10.7. The molecule has 4 heteroatoms. The summed E-state index contributed by atoms with van der Waals surface area (Å²) < 4.78 is 5.09. The Morgan fingerprint density at radius 3 is 2.53 bits per heavy atom. The van der Waals surface area contributed by atoms with E-state index in [0.29, 0.717) is 5.46 Å². The molecule has 0 saturated carbocycles. The Balaban J connectivity index is 0.000000686. The van der Waals surface area contributed by atoms with E-state index in [4.69, 9.17) is 4.74 Å². The van der Waals surface area contributed by atoms with Gasteiger partial charge in [0, 0.05) is 6.07 Å². The summed E-state index contributed by atoms with van der Waals surface area (Å²) in [4.78, 5) is 14.4. The molecule has 0 fully saturated rings. The lowest BCUT2D eigenvalue weighted by molar-refractivity contribution is 0.415. The Hall–Kier alpha value is -1.71. The van der Waals surface area contributed by atoms with Gasteiger partial charge in [-0.1, -0.05) is 26.7 Å². The number of H-pyrrole nitrogens is 1. The van der Waals surface area contributed by atoms with Crippen molar-refractivity contribution >= 4 is 23.6 Å². The van der Waals surface area contributed by atoms with Crippen molar-refractivity contribution in [1.82, 2.24) is 4.98 Å². The van der Waals surface area contributed by atoms with Crippen LogP contribution in [0.5, 0.6) is 5.75 Å². The van der Waals surface area contributed by atoms with Gasteiger partial charge in [-0.25, -0.2) is 0 Å². The molecule has 0 aliphatic rings. The van der Waals surface area contributed by atoms with Gasteiger partial charge in [-0.3, -0.25) is 4.79 Å². The van der Waals surface area contributed by atoms with Crippen LogP contribution in [0.15, 0.2) is 29.1 Å². The highest BCUT2D eigenvalue weighted by atomic mass is 16.5. The molecule has 1 aromatic carbocycles. The van der Waals surface area contributed by atoms with E-state index < -0.39 is 0 Å². The van der Waals surface area contributed by atoms with Gasteiger partial charge in [0.1, 0.15) is 5.75 Å². The summed E-state index contributed by atoms with van der Waals surface area (Å²) in [6.07, 6.45) is 0. The number of hydrogen-bond acceptors (Lipinski definition) is 2. The topological polar surface area (TPSA) is 42.1 Å². The fourth-order valence-electron chi connectivity index (χ4n) is 1.54. The first-order chi connectivity index (χ1) is 8.24. The van der Waals surface area contributed by atoms with Crippen LogP contribution >= 0.6 is 0 Å². The van der Waals surface area contributed by atoms with Crippen molar-refractivity contribution in [2.24, 2.45) is 0 Å². The van der Waals surface area contributed by atoms with Crippen LogP contribution < -0.4 is 15.8 Å². The highest BCUT2D eigenvalue weighted by molar-refractivity contribution is 6.52. The van der Waals surface area contributed by atoms with Gasteiger partial charge in [0.05, 0.1) is 12.6 Å². The number of aromatic amines is 1. The number of rotatable bonds is 2. The SMILES string of the molecule is CC.C[B]c1cc2ccc(OC)cc2[nH]c1=O. The van der Waals surface area contributed by atoms with Crippen LogP contribution in [0, 0.1) is 0 Å². The van der Waals surface area contributed by atoms with E-state index in [1.165, 1.54) is 0 Å². The molecular formula is C13H17BNO2. The number of pyridine rings is 1. The van der Waals surface area contributed by atoms with Crippen LogP contribution in [0.3, 0.4) is 0 Å². The van der Waals surface area contributed by atoms with E-state index >= 15 is 0 Å². The molecule has 3 nitrogen and oxygen atoms in total. The standard InChI is InChI=1S/C11H11BNO2.C2H6/c1-12-9-5-7-3-4-8(15-2)6-10(7)13-11(9)14;1-2/h3-6H,1-2H3,(H,13,14);1-2H3. The Bertz CT molecular complexity index is 549. The fraction of sp³-hybridized carbons (Fsp3) is 0.308. The lowest BCUT2D eigenvalue weighted by Crippen LogP contribution is -2.31. The molecule has 1 heterocycles. The first kappa shape index (κ1) is 13.4. The monoisotopic (exact) mass is 230 g/mol. The Kier molecular flexibility index (Phi) is 4.82. The van der Waals surface area contributed by atoms with Crippen LogP contribution in [0.1, 0.15) is 13.8 Å². The third kappa shape index (κ3) is 2.90. The summed E-state index contributed by atoms with van der Waals surface area (Å²) >= 11 is 0. The minimum atomic E-state index is -0.0711. The summed E-state index contributed by atoms with van der Waals surface area (Å²) in [5.41, 5.74) is 1.41. The van der Waals surface area contributed by atoms with Crippen LogP contribution in [0.25, 0.3) is 10.9 Å². The highest BCUT2D eigenvalue weighted by Crippen LogP contribution is 2.16. The van der Waals surface area contributed by atoms with Crippen LogP contribution in [0.4, 0.5) is 0 Å². The van der Waals surface area contributed by atoms with Gasteiger partial charge in [-0.05, 0) is 23.0 Å². The number of benzene rings is 1. The molecule has 0 bridgehead atoms. The highest BCUT2D eigenvalue weighted by Gasteiger charge is 2.02. The molecule has 0 saturated heterocycles. The normalized spacial score (nSPS) is 9.41. The number of methoxy groups -OCH3 is 1. The Morgan fingerprint density at radius 2 is 1.94 bits per heavy atom. The Labute approximate surface area is 102 Å². The smallest absolute Gasteiger partial charge is 0.242 e. The van der Waals surface area contributed by atoms with Crippen LogP contribution in [-0.4, -0.2) is 19.4 Å². The van der Waals surface area contributed by atoms with Crippen LogP contribution in [-0.2, 0) is 0 Å². The molecule has 0 aliphatic heterocycles. The average molecular weight is 230 g/mol. The minimum Gasteiger partial charge on any atom is -0.497 e.